The summed E-state index contributed by atoms with van der Waals surface area (Å²) in [4.78, 5) is 0. The average molecular weight is 419 g/mol. The second kappa shape index (κ2) is 12.8. The van der Waals surface area contributed by atoms with E-state index in [1.807, 2.05) is 0 Å². The van der Waals surface area contributed by atoms with Gasteiger partial charge in [-0.05, 0) is 25.2 Å². The summed E-state index contributed by atoms with van der Waals surface area (Å²) in [6, 6.07) is 3.21. The topological polar surface area (TPSA) is 73.8 Å². The molecule has 12 heteroatoms. The van der Waals surface area contributed by atoms with Crippen LogP contribution < -0.4 is 0 Å². The van der Waals surface area contributed by atoms with Gasteiger partial charge in [-0.2, -0.15) is 0 Å². The third-order valence-corrected chi connectivity index (χ3v) is 14.0. The van der Waals surface area contributed by atoms with Crippen LogP contribution in [0.4, 0.5) is 0 Å². The van der Waals surface area contributed by atoms with Crippen molar-refractivity contribution in [2.45, 2.75) is 37.3 Å². The largest absolute Gasteiger partial charge is 0.499 e. The second-order valence-corrected chi connectivity index (χ2v) is 16.4. The minimum absolute atomic E-state index is 0.732. The van der Waals surface area contributed by atoms with Crippen molar-refractivity contribution in [3.8, 4) is 0 Å². The number of rotatable bonds is 15. The Kier molecular flexibility index (Phi) is 13.1. The Labute approximate surface area is 151 Å². The third-order valence-electron chi connectivity index (χ3n) is 3.96. The van der Waals surface area contributed by atoms with Gasteiger partial charge in [-0.3, -0.25) is 0 Å². The Balaban J connectivity index is 4.15. The van der Waals surface area contributed by atoms with Gasteiger partial charge in [0.25, 0.3) is 0 Å². The van der Waals surface area contributed by atoms with Gasteiger partial charge in [0.05, 0.1) is 0 Å². The Morgan fingerprint density at radius 1 is 0.542 bits per heavy atom. The van der Waals surface area contributed by atoms with Crippen LogP contribution in [0.5, 0.6) is 0 Å². The summed E-state index contributed by atoms with van der Waals surface area (Å²) >= 11 is 0. The maximum absolute atomic E-state index is 5.65. The lowest BCUT2D eigenvalue weighted by molar-refractivity contribution is -0.111. The molecule has 0 saturated carbocycles. The van der Waals surface area contributed by atoms with Crippen LogP contribution in [-0.4, -0.2) is 78.3 Å². The van der Waals surface area contributed by atoms with Crippen molar-refractivity contribution in [1.29, 1.82) is 0 Å². The number of hydrogen-bond acceptors (Lipinski definition) is 8. The lowest BCUT2D eigenvalue weighted by atomic mass is 10.9. The zero-order valence-electron chi connectivity index (χ0n) is 16.2. The predicted molar refractivity (Wildman–Crippen MR) is 101 cm³/mol. The molecule has 0 aliphatic heterocycles. The highest BCUT2D eigenvalue weighted by Crippen LogP contribution is 2.19. The van der Waals surface area contributed by atoms with E-state index >= 15 is 0 Å². The average Bonchev–Trinajstić information content (AvgIpc) is 2.63. The summed E-state index contributed by atoms with van der Waals surface area (Å²) in [6.45, 7) is 4.19. The van der Waals surface area contributed by atoms with Gasteiger partial charge in [0.2, 0.25) is 18.1 Å². The van der Waals surface area contributed by atoms with Gasteiger partial charge in [0, 0.05) is 54.7 Å². The van der Waals surface area contributed by atoms with Crippen LogP contribution >= 0.6 is 0 Å². The minimum Gasteiger partial charge on any atom is -0.377 e. The summed E-state index contributed by atoms with van der Waals surface area (Å²) in [5.74, 6) is 0. The molecule has 24 heavy (non-hydrogen) atoms. The van der Waals surface area contributed by atoms with Crippen molar-refractivity contribution < 1.29 is 35.7 Å². The molecule has 0 aromatic heterocycles. The quantitative estimate of drug-likeness (QED) is 0.224. The first-order chi connectivity index (χ1) is 11.4. The molecule has 0 bridgehead atoms. The summed E-state index contributed by atoms with van der Waals surface area (Å²) in [6.07, 6.45) is 0. The zero-order valence-corrected chi connectivity index (χ0v) is 20.6. The maximum atomic E-state index is 5.65. The molecule has 0 radical (unpaired) electrons. The molecule has 0 aliphatic carbocycles. The Morgan fingerprint density at radius 2 is 0.792 bits per heavy atom. The van der Waals surface area contributed by atoms with Gasteiger partial charge < -0.3 is 35.7 Å². The predicted octanol–water partition coefficient (Wildman–Crippen LogP) is 1.40. The molecule has 0 saturated heterocycles. The third kappa shape index (κ3) is 8.28. The molecule has 0 heterocycles. The first-order valence-corrected chi connectivity index (χ1v) is 16.7. The van der Waals surface area contributed by atoms with Crippen LogP contribution in [-0.2, 0) is 35.7 Å². The number of hydrogen-bond donors (Lipinski definition) is 0. The van der Waals surface area contributed by atoms with E-state index < -0.39 is 35.7 Å². The summed E-state index contributed by atoms with van der Waals surface area (Å²) in [7, 11) is 1.74. The lowest BCUT2D eigenvalue weighted by Gasteiger charge is -2.26. The zero-order chi connectivity index (χ0) is 18.6. The SMILES string of the molecule is CO[Si](CC[SiH](C)OO[SiH](C)CC[Si](OC)(OC)OC)(OC)OC. The molecule has 0 aromatic carbocycles. The molecular weight excluding hydrogens is 384 g/mol. The monoisotopic (exact) mass is 418 g/mol. The molecule has 0 N–H and O–H groups in total. The van der Waals surface area contributed by atoms with E-state index in [2.05, 4.69) is 13.1 Å². The summed E-state index contributed by atoms with van der Waals surface area (Å²) in [5.41, 5.74) is 0. The fraction of sp³-hybridized carbons (Fsp3) is 1.00. The molecule has 146 valence electrons. The van der Waals surface area contributed by atoms with Crippen LogP contribution in [0.15, 0.2) is 0 Å². The summed E-state index contributed by atoms with van der Waals surface area (Å²) < 4.78 is 43.8. The Hall–Kier alpha value is 0.548. The molecule has 0 aliphatic rings. The van der Waals surface area contributed by atoms with E-state index in [1.165, 1.54) is 0 Å². The molecule has 2 atom stereocenters. The van der Waals surface area contributed by atoms with Gasteiger partial charge in [0.1, 0.15) is 0 Å². The fourth-order valence-corrected chi connectivity index (χ4v) is 12.2. The first-order valence-electron chi connectivity index (χ1n) is 7.99. The van der Waals surface area contributed by atoms with Gasteiger partial charge in [-0.25, -0.2) is 0 Å². The van der Waals surface area contributed by atoms with E-state index in [9.17, 15) is 0 Å². The smallest absolute Gasteiger partial charge is 0.377 e. The Bertz CT molecular complexity index is 271. The molecule has 2 unspecified atom stereocenters. The minimum atomic E-state index is -2.52. The molecule has 0 amide bonds. The van der Waals surface area contributed by atoms with Crippen molar-refractivity contribution in [1.82, 2.24) is 0 Å². The van der Waals surface area contributed by atoms with Crippen LogP contribution in [0, 0.1) is 0 Å². The van der Waals surface area contributed by atoms with Crippen molar-refractivity contribution >= 4 is 35.7 Å². The van der Waals surface area contributed by atoms with E-state index in [0.29, 0.717) is 0 Å². The lowest BCUT2D eigenvalue weighted by Crippen LogP contribution is -2.44. The van der Waals surface area contributed by atoms with E-state index in [4.69, 9.17) is 35.7 Å². The van der Waals surface area contributed by atoms with Gasteiger partial charge in [0.15, 0.2) is 0 Å². The molecule has 0 fully saturated rings. The highest BCUT2D eigenvalue weighted by molar-refractivity contribution is 6.64. The molecular formula is C12H34O8Si4. The Morgan fingerprint density at radius 3 is 1.00 bits per heavy atom. The molecule has 0 rings (SSSR count). The summed E-state index contributed by atoms with van der Waals surface area (Å²) in [5, 5.41) is 0. The maximum Gasteiger partial charge on any atom is 0.499 e. The first kappa shape index (κ1) is 24.5. The molecule has 8 nitrogen and oxygen atoms in total. The normalized spacial score (nSPS) is 15.5. The molecule has 0 aromatic rings. The van der Waals surface area contributed by atoms with Crippen molar-refractivity contribution in [2.24, 2.45) is 0 Å². The second-order valence-electron chi connectivity index (χ2n) is 5.48. The fourth-order valence-electron chi connectivity index (χ4n) is 2.16. The highest BCUT2D eigenvalue weighted by Gasteiger charge is 2.39. The van der Waals surface area contributed by atoms with Crippen LogP contribution in [0.25, 0.3) is 0 Å². The standard InChI is InChI=1S/C12H34O8Si4/c1-13-23(14-2,15-3)11-9-21(7)19-20-22(8)10-12-24(16-4,17-5)18-6/h21-22H,9-12H2,1-8H3. The van der Waals surface area contributed by atoms with Gasteiger partial charge >= 0.3 is 17.6 Å². The van der Waals surface area contributed by atoms with Crippen LogP contribution in [0.3, 0.4) is 0 Å². The van der Waals surface area contributed by atoms with Crippen LogP contribution in [0.1, 0.15) is 0 Å². The van der Waals surface area contributed by atoms with Gasteiger partial charge in [-0.15, -0.1) is 0 Å². The van der Waals surface area contributed by atoms with Crippen molar-refractivity contribution in [3.05, 3.63) is 0 Å². The van der Waals surface area contributed by atoms with Crippen LogP contribution in [0.2, 0.25) is 37.3 Å². The molecule has 0 spiro atoms. The van der Waals surface area contributed by atoms with E-state index in [0.717, 1.165) is 24.2 Å². The van der Waals surface area contributed by atoms with Crippen molar-refractivity contribution in [3.63, 3.8) is 0 Å². The van der Waals surface area contributed by atoms with Crippen molar-refractivity contribution in [2.75, 3.05) is 42.7 Å². The van der Waals surface area contributed by atoms with E-state index in [-0.39, 0.29) is 0 Å². The van der Waals surface area contributed by atoms with Gasteiger partial charge in [-0.1, -0.05) is 0 Å². The van der Waals surface area contributed by atoms with E-state index in [1.54, 1.807) is 42.7 Å². The highest BCUT2D eigenvalue weighted by atomic mass is 28.4.